The Morgan fingerprint density at radius 2 is 1.71 bits per heavy atom. The summed E-state index contributed by atoms with van der Waals surface area (Å²) in [5, 5.41) is 8.74. The molecule has 6 nitrogen and oxygen atoms in total. The quantitative estimate of drug-likeness (QED) is 0.797. The summed E-state index contributed by atoms with van der Waals surface area (Å²) < 4.78 is 29.6. The lowest BCUT2D eigenvalue weighted by atomic mass is 10.2. The van der Waals surface area contributed by atoms with E-state index in [4.69, 9.17) is 9.44 Å². The molecule has 0 aliphatic carbocycles. The maximum absolute atomic E-state index is 12.3. The van der Waals surface area contributed by atoms with Crippen LogP contribution in [0.2, 0.25) is 0 Å². The van der Waals surface area contributed by atoms with Crippen LogP contribution in [0.5, 0.6) is 5.75 Å². The second-order valence-electron chi connectivity index (χ2n) is 5.32. The molecule has 0 aromatic heterocycles. The largest absolute Gasteiger partial charge is 0.379 e. The minimum Gasteiger partial charge on any atom is -0.379 e. The Hall–Kier alpha value is -2.85. The third-order valence-corrected chi connectivity index (χ3v) is 4.96. The van der Waals surface area contributed by atoms with Crippen molar-refractivity contribution in [2.75, 3.05) is 11.4 Å². The summed E-state index contributed by atoms with van der Waals surface area (Å²) in [7, 11) is -3.97. The van der Waals surface area contributed by atoms with Crippen molar-refractivity contribution in [3.63, 3.8) is 0 Å². The van der Waals surface area contributed by atoms with Crippen LogP contribution < -0.4 is 9.08 Å². The van der Waals surface area contributed by atoms with Gasteiger partial charge >= 0.3 is 10.1 Å². The van der Waals surface area contributed by atoms with E-state index in [1.54, 1.807) is 17.0 Å². The molecular weight excluding hydrogens is 328 g/mol. The van der Waals surface area contributed by atoms with Crippen LogP contribution in [0.3, 0.4) is 0 Å². The maximum atomic E-state index is 12.3. The van der Waals surface area contributed by atoms with Crippen LogP contribution in [0.4, 0.5) is 5.69 Å². The first-order valence-corrected chi connectivity index (χ1v) is 8.75. The molecule has 0 bridgehead atoms. The molecule has 0 N–H and O–H groups in total. The lowest BCUT2D eigenvalue weighted by Gasteiger charge is -2.16. The molecule has 0 saturated carbocycles. The SMILES string of the molecule is N#Cc1ccc(OS(=O)(=O)c2ccc(N3CCCC3=O)cc2)cc1. The monoisotopic (exact) mass is 342 g/mol. The second-order valence-corrected chi connectivity index (χ2v) is 6.86. The molecule has 0 radical (unpaired) electrons. The zero-order valence-corrected chi connectivity index (χ0v) is 13.5. The second kappa shape index (κ2) is 6.34. The van der Waals surface area contributed by atoms with E-state index in [1.807, 2.05) is 6.07 Å². The number of carbonyl (C=O) groups excluding carboxylic acids is 1. The summed E-state index contributed by atoms with van der Waals surface area (Å²) in [5.74, 6) is 0.173. The van der Waals surface area contributed by atoms with Crippen LogP contribution in [0.25, 0.3) is 0 Å². The number of benzene rings is 2. The summed E-state index contributed by atoms with van der Waals surface area (Å²) in [5.41, 5.74) is 1.09. The first-order valence-electron chi connectivity index (χ1n) is 7.35. The van der Waals surface area contributed by atoms with Crippen molar-refractivity contribution in [1.82, 2.24) is 0 Å². The highest BCUT2D eigenvalue weighted by atomic mass is 32.2. The predicted molar refractivity (Wildman–Crippen MR) is 87.0 cm³/mol. The van der Waals surface area contributed by atoms with Crippen LogP contribution in [0.15, 0.2) is 53.4 Å². The van der Waals surface area contributed by atoms with Crippen molar-refractivity contribution in [3.8, 4) is 11.8 Å². The summed E-state index contributed by atoms with van der Waals surface area (Å²) in [4.78, 5) is 13.3. The number of hydrogen-bond acceptors (Lipinski definition) is 5. The fraction of sp³-hybridized carbons (Fsp3) is 0.176. The molecule has 1 aliphatic heterocycles. The Morgan fingerprint density at radius 1 is 1.04 bits per heavy atom. The van der Waals surface area contributed by atoms with Crippen molar-refractivity contribution in [1.29, 1.82) is 5.26 Å². The Morgan fingerprint density at radius 3 is 2.25 bits per heavy atom. The highest BCUT2D eigenvalue weighted by molar-refractivity contribution is 7.87. The van der Waals surface area contributed by atoms with E-state index in [-0.39, 0.29) is 16.6 Å². The van der Waals surface area contributed by atoms with Crippen LogP contribution in [-0.4, -0.2) is 20.9 Å². The van der Waals surface area contributed by atoms with Gasteiger partial charge in [0.15, 0.2) is 0 Å². The Balaban J connectivity index is 1.79. The molecule has 0 atom stereocenters. The van der Waals surface area contributed by atoms with Crippen molar-refractivity contribution in [2.24, 2.45) is 0 Å². The number of rotatable bonds is 4. The fourth-order valence-electron chi connectivity index (χ4n) is 2.47. The van der Waals surface area contributed by atoms with E-state index in [9.17, 15) is 13.2 Å². The molecule has 0 unspecified atom stereocenters. The van der Waals surface area contributed by atoms with Crippen molar-refractivity contribution >= 4 is 21.7 Å². The summed E-state index contributed by atoms with van der Waals surface area (Å²) in [6.07, 6.45) is 1.32. The molecule has 1 saturated heterocycles. The predicted octanol–water partition coefficient (Wildman–Crippen LogP) is 2.45. The van der Waals surface area contributed by atoms with Gasteiger partial charge in [0.25, 0.3) is 0 Å². The number of nitrogens with zero attached hydrogens (tertiary/aromatic N) is 2. The van der Waals surface area contributed by atoms with E-state index in [0.29, 0.717) is 24.2 Å². The molecule has 122 valence electrons. The lowest BCUT2D eigenvalue weighted by molar-refractivity contribution is -0.117. The van der Waals surface area contributed by atoms with Crippen LogP contribution in [0.1, 0.15) is 18.4 Å². The van der Waals surface area contributed by atoms with E-state index >= 15 is 0 Å². The summed E-state index contributed by atoms with van der Waals surface area (Å²) in [6, 6.07) is 13.8. The Bertz CT molecular complexity index is 897. The zero-order valence-electron chi connectivity index (χ0n) is 12.7. The van der Waals surface area contributed by atoms with Gasteiger partial charge in [-0.1, -0.05) is 0 Å². The molecule has 0 spiro atoms. The van der Waals surface area contributed by atoms with Gasteiger partial charge in [-0.2, -0.15) is 13.7 Å². The molecule has 24 heavy (non-hydrogen) atoms. The lowest BCUT2D eigenvalue weighted by Crippen LogP contribution is -2.23. The van der Waals surface area contributed by atoms with E-state index < -0.39 is 10.1 Å². The minimum atomic E-state index is -3.97. The highest BCUT2D eigenvalue weighted by Crippen LogP contribution is 2.24. The smallest absolute Gasteiger partial charge is 0.339 e. The van der Waals surface area contributed by atoms with Gasteiger partial charge in [-0.15, -0.1) is 0 Å². The van der Waals surface area contributed by atoms with Crippen LogP contribution in [0, 0.1) is 11.3 Å². The van der Waals surface area contributed by atoms with E-state index in [1.165, 1.54) is 36.4 Å². The molecular formula is C17H14N2O4S. The van der Waals surface area contributed by atoms with Gasteiger partial charge in [0.05, 0.1) is 11.6 Å². The third-order valence-electron chi connectivity index (χ3n) is 3.70. The molecule has 2 aromatic rings. The van der Waals surface area contributed by atoms with E-state index in [0.717, 1.165) is 6.42 Å². The number of nitriles is 1. The normalized spacial score (nSPS) is 14.5. The van der Waals surface area contributed by atoms with Crippen molar-refractivity contribution in [3.05, 3.63) is 54.1 Å². The number of anilines is 1. The molecule has 7 heteroatoms. The number of carbonyl (C=O) groups is 1. The molecule has 1 fully saturated rings. The number of hydrogen-bond donors (Lipinski definition) is 0. The first kappa shape index (κ1) is 16.0. The van der Waals surface area contributed by atoms with Gasteiger partial charge in [0.2, 0.25) is 5.91 Å². The Kier molecular flexibility index (Phi) is 4.23. The average Bonchev–Trinajstić information content (AvgIpc) is 3.01. The van der Waals surface area contributed by atoms with Gasteiger partial charge in [0, 0.05) is 18.7 Å². The van der Waals surface area contributed by atoms with Gasteiger partial charge in [-0.05, 0) is 55.0 Å². The first-order chi connectivity index (χ1) is 11.5. The Labute approximate surface area is 140 Å². The standard InChI is InChI=1S/C17H14N2O4S/c18-12-13-3-7-15(8-4-13)23-24(21,22)16-9-5-14(6-10-16)19-11-1-2-17(19)20/h3-10H,1-2,11H2. The van der Waals surface area contributed by atoms with Crippen molar-refractivity contribution in [2.45, 2.75) is 17.7 Å². The maximum Gasteiger partial charge on any atom is 0.339 e. The van der Waals surface area contributed by atoms with Crippen LogP contribution >= 0.6 is 0 Å². The third kappa shape index (κ3) is 3.24. The van der Waals surface area contributed by atoms with Crippen molar-refractivity contribution < 1.29 is 17.4 Å². The van der Waals surface area contributed by atoms with Gasteiger partial charge in [0.1, 0.15) is 10.6 Å². The molecule has 3 rings (SSSR count). The van der Waals surface area contributed by atoms with Gasteiger partial charge < -0.3 is 9.08 Å². The zero-order chi connectivity index (χ0) is 17.2. The molecule has 1 amide bonds. The molecule has 2 aromatic carbocycles. The topological polar surface area (TPSA) is 87.5 Å². The fourth-order valence-corrected chi connectivity index (χ4v) is 3.40. The average molecular weight is 342 g/mol. The van der Waals surface area contributed by atoms with Crippen LogP contribution in [-0.2, 0) is 14.9 Å². The van der Waals surface area contributed by atoms with Gasteiger partial charge in [-0.25, -0.2) is 0 Å². The summed E-state index contributed by atoms with van der Waals surface area (Å²) in [6.45, 7) is 0.646. The molecule has 1 aliphatic rings. The minimum absolute atomic E-state index is 0.00209. The highest BCUT2D eigenvalue weighted by Gasteiger charge is 2.23. The summed E-state index contributed by atoms with van der Waals surface area (Å²) >= 11 is 0. The van der Waals surface area contributed by atoms with Gasteiger partial charge in [-0.3, -0.25) is 4.79 Å². The number of amides is 1. The van der Waals surface area contributed by atoms with E-state index in [2.05, 4.69) is 0 Å². The molecule has 1 heterocycles.